The van der Waals surface area contributed by atoms with Gasteiger partial charge in [-0.25, -0.2) is 9.59 Å². The van der Waals surface area contributed by atoms with Crippen molar-refractivity contribution in [3.63, 3.8) is 0 Å². The first-order valence-electron chi connectivity index (χ1n) is 14.3. The number of furan rings is 1. The fourth-order valence-corrected chi connectivity index (χ4v) is 4.97. The van der Waals surface area contributed by atoms with Crippen molar-refractivity contribution in [3.8, 4) is 11.3 Å². The molecule has 1 aromatic heterocycles. The van der Waals surface area contributed by atoms with Crippen molar-refractivity contribution in [2.45, 2.75) is 41.0 Å². The van der Waals surface area contributed by atoms with Crippen LogP contribution in [0.5, 0.6) is 0 Å². The summed E-state index contributed by atoms with van der Waals surface area (Å²) in [5.41, 5.74) is 7.85. The van der Waals surface area contributed by atoms with E-state index in [-0.39, 0.29) is 0 Å². The Hall–Kier alpha value is -5.50. The molecular weight excluding hydrogens is 554 g/mol. The molecule has 0 radical (unpaired) electrons. The summed E-state index contributed by atoms with van der Waals surface area (Å²) in [6.07, 6.45) is 2.53. The lowest BCUT2D eigenvalue weighted by atomic mass is 9.96. The predicted molar refractivity (Wildman–Crippen MR) is 174 cm³/mol. The molecule has 222 valence electrons. The maximum Gasteiger partial charge on any atom is 0.331 e. The average molecular weight is 588 g/mol. The minimum Gasteiger partial charge on any atom is -0.464 e. The maximum atomic E-state index is 11.5. The van der Waals surface area contributed by atoms with Crippen LogP contribution in [0.4, 0.5) is 17.1 Å². The first-order valence-corrected chi connectivity index (χ1v) is 14.3. The summed E-state index contributed by atoms with van der Waals surface area (Å²) in [6.45, 7) is 8.39. The summed E-state index contributed by atoms with van der Waals surface area (Å²) in [7, 11) is 0. The number of hydrogen-bond donors (Lipinski definition) is 0. The summed E-state index contributed by atoms with van der Waals surface area (Å²) < 4.78 is 5.61. The Morgan fingerprint density at radius 3 is 1.95 bits per heavy atom. The third-order valence-corrected chi connectivity index (χ3v) is 7.19. The summed E-state index contributed by atoms with van der Waals surface area (Å²) in [5.74, 6) is -0.153. The van der Waals surface area contributed by atoms with E-state index < -0.39 is 11.9 Å². The van der Waals surface area contributed by atoms with Crippen LogP contribution in [0.2, 0.25) is 0 Å². The fourth-order valence-electron chi connectivity index (χ4n) is 4.97. The molecule has 0 aliphatic rings. The molecule has 0 bridgehead atoms. The zero-order chi connectivity index (χ0) is 31.2. The van der Waals surface area contributed by atoms with Gasteiger partial charge in [-0.05, 0) is 91.4 Å². The predicted octanol–water partition coefficient (Wildman–Crippen LogP) is 8.71. The highest BCUT2D eigenvalue weighted by Gasteiger charge is 2.19. The second kappa shape index (κ2) is 13.2. The van der Waals surface area contributed by atoms with Crippen LogP contribution in [0.1, 0.15) is 51.3 Å². The van der Waals surface area contributed by atoms with Crippen LogP contribution in [0, 0.1) is 0 Å². The van der Waals surface area contributed by atoms with Crippen LogP contribution in [0.15, 0.2) is 112 Å². The molecule has 0 aliphatic heterocycles. The molecule has 0 amide bonds. The monoisotopic (exact) mass is 587 g/mol. The molecule has 5 aromatic rings. The van der Waals surface area contributed by atoms with E-state index in [0.29, 0.717) is 11.4 Å². The lowest BCUT2D eigenvalue weighted by Gasteiger charge is -2.28. The molecule has 4 aromatic carbocycles. The van der Waals surface area contributed by atoms with Gasteiger partial charge in [-0.3, -0.25) is 0 Å². The number of hydrogen-bond acceptors (Lipinski definition) is 8. The van der Waals surface area contributed by atoms with Crippen LogP contribution in [0.25, 0.3) is 22.1 Å². The molecule has 8 nitrogen and oxygen atoms in total. The number of nitrogens with zero attached hydrogens (tertiary/aromatic N) is 3. The second-order valence-electron chi connectivity index (χ2n) is 10.3. The van der Waals surface area contributed by atoms with Crippen molar-refractivity contribution in [3.05, 3.63) is 114 Å². The van der Waals surface area contributed by atoms with Gasteiger partial charge in [0.05, 0.1) is 23.4 Å². The molecule has 0 atom stereocenters. The smallest absolute Gasteiger partial charge is 0.331 e. The van der Waals surface area contributed by atoms with Crippen LogP contribution in [-0.2, 0) is 25.7 Å². The maximum absolute atomic E-state index is 11.5. The fraction of sp³-hybridized carbons (Fsp3) is 0.167. The molecule has 0 aliphatic carbocycles. The molecule has 8 heteroatoms. The number of aryl methyl sites for hydroxylation is 1. The molecular formula is C36H33N3O5. The normalized spacial score (nSPS) is 11.8. The lowest BCUT2D eigenvalue weighted by Crippen LogP contribution is -2.12. The molecule has 44 heavy (non-hydrogen) atoms. The third kappa shape index (κ3) is 6.60. The van der Waals surface area contributed by atoms with E-state index in [0.717, 1.165) is 56.7 Å². The summed E-state index contributed by atoms with van der Waals surface area (Å²) in [5, 5.41) is 10.0. The zero-order valence-corrected chi connectivity index (χ0v) is 25.3. The number of carbonyl (C=O) groups excluding carboxylic acids is 2. The molecule has 0 unspecified atom stereocenters. The third-order valence-electron chi connectivity index (χ3n) is 7.19. The Morgan fingerprint density at radius 1 is 0.727 bits per heavy atom. The van der Waals surface area contributed by atoms with Crippen molar-refractivity contribution in [1.29, 1.82) is 0 Å². The van der Waals surface area contributed by atoms with Gasteiger partial charge in [-0.2, -0.15) is 0 Å². The minimum atomic E-state index is -0.472. The molecule has 0 saturated heterocycles. The second-order valence-corrected chi connectivity index (χ2v) is 10.3. The van der Waals surface area contributed by atoms with Gasteiger partial charge in [0.25, 0.3) is 0 Å². The average Bonchev–Trinajstić information content (AvgIpc) is 3.58. The standard InChI is InChI=1S/C36H33N3O5/c1-6-27-9-18-33-34(22-27)32(24(3)38-44-26(5)41)19-20-35(33)39(31-16-12-29(13-17-31)36-8-7-21-42-36)30-14-10-28(11-15-30)23(2)37-43-25(4)40/h7-22H,6H2,1-5H3/b37-23-,38-24-. The Bertz CT molecular complexity index is 1860. The van der Waals surface area contributed by atoms with Crippen LogP contribution < -0.4 is 4.90 Å². The topological polar surface area (TPSA) is 93.7 Å². The first-order chi connectivity index (χ1) is 21.2. The van der Waals surface area contributed by atoms with E-state index in [2.05, 4.69) is 58.5 Å². The van der Waals surface area contributed by atoms with E-state index in [1.165, 1.54) is 19.4 Å². The van der Waals surface area contributed by atoms with Crippen LogP contribution >= 0.6 is 0 Å². The van der Waals surface area contributed by atoms with Crippen molar-refractivity contribution in [2.75, 3.05) is 4.90 Å². The SMILES string of the molecule is CCc1ccc2c(N(c3ccc(/C(C)=N\OC(C)=O)cc3)c3ccc(-c4ccco4)cc3)ccc(/C(C)=N\OC(C)=O)c2c1. The lowest BCUT2D eigenvalue weighted by molar-refractivity contribution is -0.141. The highest BCUT2D eigenvalue weighted by atomic mass is 16.7. The van der Waals surface area contributed by atoms with Gasteiger partial charge in [0, 0.05) is 41.7 Å². The summed E-state index contributed by atoms with van der Waals surface area (Å²) in [4.78, 5) is 34.7. The highest BCUT2D eigenvalue weighted by Crippen LogP contribution is 2.41. The Morgan fingerprint density at radius 2 is 1.36 bits per heavy atom. The molecule has 0 N–H and O–H groups in total. The minimum absolute atomic E-state index is 0.472. The Labute approximate surface area is 256 Å². The van der Waals surface area contributed by atoms with Gasteiger partial charge in [-0.1, -0.05) is 53.6 Å². The number of oxime groups is 2. The van der Waals surface area contributed by atoms with Gasteiger partial charge in [-0.15, -0.1) is 0 Å². The van der Waals surface area contributed by atoms with Gasteiger partial charge >= 0.3 is 11.9 Å². The van der Waals surface area contributed by atoms with Crippen LogP contribution in [-0.4, -0.2) is 23.4 Å². The van der Waals surface area contributed by atoms with Crippen molar-refractivity contribution >= 4 is 51.2 Å². The summed E-state index contributed by atoms with van der Waals surface area (Å²) in [6, 6.07) is 30.4. The van der Waals surface area contributed by atoms with E-state index in [1.807, 2.05) is 61.5 Å². The van der Waals surface area contributed by atoms with Gasteiger partial charge in [0.1, 0.15) is 5.76 Å². The summed E-state index contributed by atoms with van der Waals surface area (Å²) >= 11 is 0. The molecule has 1 heterocycles. The molecule has 0 spiro atoms. The van der Waals surface area contributed by atoms with E-state index in [4.69, 9.17) is 14.1 Å². The molecule has 0 saturated carbocycles. The van der Waals surface area contributed by atoms with E-state index in [9.17, 15) is 9.59 Å². The number of rotatable bonds is 9. The van der Waals surface area contributed by atoms with Gasteiger partial charge < -0.3 is 19.0 Å². The zero-order valence-electron chi connectivity index (χ0n) is 25.3. The van der Waals surface area contributed by atoms with Gasteiger partial charge in [0.15, 0.2) is 0 Å². The van der Waals surface area contributed by atoms with Crippen molar-refractivity contribution in [1.82, 2.24) is 0 Å². The number of carbonyl (C=O) groups is 2. The molecule has 0 fully saturated rings. The number of anilines is 3. The van der Waals surface area contributed by atoms with Crippen molar-refractivity contribution in [2.24, 2.45) is 10.3 Å². The highest BCUT2D eigenvalue weighted by molar-refractivity contribution is 6.13. The van der Waals surface area contributed by atoms with Gasteiger partial charge in [0.2, 0.25) is 0 Å². The largest absolute Gasteiger partial charge is 0.464 e. The van der Waals surface area contributed by atoms with E-state index >= 15 is 0 Å². The number of benzene rings is 4. The molecule has 5 rings (SSSR count). The van der Waals surface area contributed by atoms with Crippen LogP contribution in [0.3, 0.4) is 0 Å². The first kappa shape index (κ1) is 30.0. The number of fused-ring (bicyclic) bond motifs is 1. The Balaban J connectivity index is 1.67. The van der Waals surface area contributed by atoms with Crippen molar-refractivity contribution < 1.29 is 23.7 Å². The Kier molecular flexibility index (Phi) is 9.00. The van der Waals surface area contributed by atoms with E-state index in [1.54, 1.807) is 13.2 Å². The quantitative estimate of drug-likeness (QED) is 0.0973.